The lowest BCUT2D eigenvalue weighted by Crippen LogP contribution is -2.45. The first-order valence-corrected chi connectivity index (χ1v) is 7.25. The lowest BCUT2D eigenvalue weighted by molar-refractivity contribution is 0.199. The summed E-state index contributed by atoms with van der Waals surface area (Å²) in [5.41, 5.74) is 1.99. The Labute approximate surface area is 116 Å². The van der Waals surface area contributed by atoms with Crippen molar-refractivity contribution < 1.29 is 0 Å². The first-order valence-electron chi connectivity index (χ1n) is 7.25. The molecular weight excluding hydrogens is 230 g/mol. The molecular formula is C18H23N. The lowest BCUT2D eigenvalue weighted by Gasteiger charge is -2.46. The molecule has 0 radical (unpaired) electrons. The molecule has 0 bridgehead atoms. The number of hydrogen-bond donors (Lipinski definition) is 0. The number of nitrogens with zero attached hydrogens (tertiary/aromatic N) is 1. The second-order valence-corrected chi connectivity index (χ2v) is 6.34. The summed E-state index contributed by atoms with van der Waals surface area (Å²) in [6.07, 6.45) is 11.6. The summed E-state index contributed by atoms with van der Waals surface area (Å²) in [7, 11) is 2.25. The minimum absolute atomic E-state index is 0.230. The van der Waals surface area contributed by atoms with Crippen LogP contribution in [0.2, 0.25) is 0 Å². The van der Waals surface area contributed by atoms with Crippen LogP contribution in [0.25, 0.3) is 0 Å². The highest BCUT2D eigenvalue weighted by atomic mass is 15.1. The van der Waals surface area contributed by atoms with E-state index in [1.807, 2.05) is 0 Å². The molecule has 0 N–H and O–H groups in total. The predicted octanol–water partition coefficient (Wildman–Crippen LogP) is 3.78. The molecule has 1 heterocycles. The monoisotopic (exact) mass is 253 g/mol. The van der Waals surface area contributed by atoms with Crippen LogP contribution in [0.15, 0.2) is 54.6 Å². The van der Waals surface area contributed by atoms with Crippen molar-refractivity contribution >= 4 is 0 Å². The zero-order chi connectivity index (χ0) is 13.3. The summed E-state index contributed by atoms with van der Waals surface area (Å²) < 4.78 is 0. The van der Waals surface area contributed by atoms with Crippen molar-refractivity contribution in [2.45, 2.75) is 25.2 Å². The third kappa shape index (κ3) is 1.97. The van der Waals surface area contributed by atoms with E-state index in [4.69, 9.17) is 0 Å². The molecule has 1 fully saturated rings. The summed E-state index contributed by atoms with van der Waals surface area (Å²) in [5, 5.41) is 0. The van der Waals surface area contributed by atoms with Crippen LogP contribution in [-0.4, -0.2) is 25.0 Å². The topological polar surface area (TPSA) is 3.24 Å². The fraction of sp³-hybridized carbons (Fsp3) is 0.444. The molecule has 19 heavy (non-hydrogen) atoms. The maximum atomic E-state index is 2.48. The predicted molar refractivity (Wildman–Crippen MR) is 81.2 cm³/mol. The van der Waals surface area contributed by atoms with Crippen LogP contribution in [-0.2, 0) is 5.41 Å². The minimum Gasteiger partial charge on any atom is -0.305 e. The first-order chi connectivity index (χ1) is 9.16. The van der Waals surface area contributed by atoms with Gasteiger partial charge in [0.15, 0.2) is 0 Å². The molecule has 2 unspecified atom stereocenters. The number of likely N-dealkylation sites (N-methyl/N-ethyl adjacent to an activating group) is 1. The Balaban J connectivity index is 2.08. The van der Waals surface area contributed by atoms with Crippen LogP contribution in [0.5, 0.6) is 0 Å². The van der Waals surface area contributed by atoms with Gasteiger partial charge in [-0.05, 0) is 32.0 Å². The molecule has 1 nitrogen and oxygen atoms in total. The summed E-state index contributed by atoms with van der Waals surface area (Å²) >= 11 is 0. The van der Waals surface area contributed by atoms with E-state index in [9.17, 15) is 0 Å². The Kier molecular flexibility index (Phi) is 3.10. The van der Waals surface area contributed by atoms with Crippen LogP contribution in [0.3, 0.4) is 0 Å². The minimum atomic E-state index is 0.230. The van der Waals surface area contributed by atoms with Crippen molar-refractivity contribution in [1.29, 1.82) is 0 Å². The van der Waals surface area contributed by atoms with Crippen LogP contribution in [0.1, 0.15) is 25.3 Å². The van der Waals surface area contributed by atoms with Gasteiger partial charge >= 0.3 is 0 Å². The fourth-order valence-electron chi connectivity index (χ4n) is 3.87. The molecule has 2 atom stereocenters. The van der Waals surface area contributed by atoms with Crippen molar-refractivity contribution in [2.24, 2.45) is 5.41 Å². The molecule has 0 amide bonds. The van der Waals surface area contributed by atoms with Crippen molar-refractivity contribution in [3.05, 3.63) is 60.2 Å². The van der Waals surface area contributed by atoms with Crippen molar-refractivity contribution in [1.82, 2.24) is 4.90 Å². The fourth-order valence-corrected chi connectivity index (χ4v) is 3.87. The van der Waals surface area contributed by atoms with Gasteiger partial charge in [0.1, 0.15) is 0 Å². The SMILES string of the molecule is CN1CCC(c2ccccc2)(C2(C)C=CC=CC2)C1. The molecule has 3 rings (SSSR count). The zero-order valence-corrected chi connectivity index (χ0v) is 12.0. The Hall–Kier alpha value is -1.34. The Bertz CT molecular complexity index is 502. The number of hydrogen-bond acceptors (Lipinski definition) is 1. The molecule has 0 aromatic heterocycles. The highest BCUT2D eigenvalue weighted by Gasteiger charge is 2.50. The normalized spacial score (nSPS) is 34.8. The molecule has 1 heteroatoms. The van der Waals surface area contributed by atoms with E-state index < -0.39 is 0 Å². The summed E-state index contributed by atoms with van der Waals surface area (Å²) in [4.78, 5) is 2.48. The van der Waals surface area contributed by atoms with Gasteiger partial charge in [-0.1, -0.05) is 61.6 Å². The smallest absolute Gasteiger partial charge is 0.0183 e. The van der Waals surface area contributed by atoms with E-state index in [0.29, 0.717) is 0 Å². The summed E-state index contributed by atoms with van der Waals surface area (Å²) in [6, 6.07) is 11.1. The van der Waals surface area contributed by atoms with Gasteiger partial charge in [0, 0.05) is 17.4 Å². The van der Waals surface area contributed by atoms with Gasteiger partial charge in [-0.25, -0.2) is 0 Å². The second-order valence-electron chi connectivity index (χ2n) is 6.34. The summed E-state index contributed by atoms with van der Waals surface area (Å²) in [5.74, 6) is 0. The standard InChI is InChI=1S/C18H23N/c1-17(11-7-4-8-12-17)18(13-14-19(2)15-18)16-9-5-3-6-10-16/h3-11H,12-15H2,1-2H3. The maximum Gasteiger partial charge on any atom is 0.0183 e. The third-order valence-corrected chi connectivity index (χ3v) is 5.13. The van der Waals surface area contributed by atoms with Gasteiger partial charge < -0.3 is 4.90 Å². The highest BCUT2D eigenvalue weighted by molar-refractivity contribution is 5.36. The first kappa shape index (κ1) is 12.7. The second kappa shape index (κ2) is 4.64. The molecule has 1 aliphatic heterocycles. The molecule has 1 aliphatic carbocycles. The van der Waals surface area contributed by atoms with Crippen LogP contribution in [0.4, 0.5) is 0 Å². The third-order valence-electron chi connectivity index (χ3n) is 5.13. The van der Waals surface area contributed by atoms with Crippen LogP contribution in [0, 0.1) is 5.41 Å². The van der Waals surface area contributed by atoms with E-state index >= 15 is 0 Å². The highest BCUT2D eigenvalue weighted by Crippen LogP contribution is 2.52. The van der Waals surface area contributed by atoms with E-state index in [0.717, 1.165) is 13.0 Å². The Morgan fingerprint density at radius 3 is 2.47 bits per heavy atom. The molecule has 1 saturated heterocycles. The molecule has 1 aromatic rings. The lowest BCUT2D eigenvalue weighted by atomic mass is 9.58. The van der Waals surface area contributed by atoms with Crippen LogP contribution < -0.4 is 0 Å². The van der Waals surface area contributed by atoms with Crippen molar-refractivity contribution in [2.75, 3.05) is 20.1 Å². The largest absolute Gasteiger partial charge is 0.305 e. The molecule has 100 valence electrons. The average Bonchev–Trinajstić information content (AvgIpc) is 2.85. The van der Waals surface area contributed by atoms with E-state index in [1.54, 1.807) is 0 Å². The van der Waals surface area contributed by atoms with Gasteiger partial charge in [0.25, 0.3) is 0 Å². The molecule has 1 aromatic carbocycles. The van der Waals surface area contributed by atoms with Crippen molar-refractivity contribution in [3.8, 4) is 0 Å². The van der Waals surface area contributed by atoms with E-state index in [2.05, 4.69) is 73.5 Å². The number of rotatable bonds is 2. The molecule has 0 spiro atoms. The zero-order valence-electron chi connectivity index (χ0n) is 12.0. The Morgan fingerprint density at radius 2 is 1.89 bits per heavy atom. The number of allylic oxidation sites excluding steroid dienone is 4. The Morgan fingerprint density at radius 1 is 1.11 bits per heavy atom. The quantitative estimate of drug-likeness (QED) is 0.775. The summed E-state index contributed by atoms with van der Waals surface area (Å²) in [6.45, 7) is 4.78. The number of benzene rings is 1. The van der Waals surface area contributed by atoms with Gasteiger partial charge in [-0.3, -0.25) is 0 Å². The molecule has 0 saturated carbocycles. The van der Waals surface area contributed by atoms with E-state index in [1.165, 1.54) is 18.5 Å². The average molecular weight is 253 g/mol. The van der Waals surface area contributed by atoms with Gasteiger partial charge in [-0.15, -0.1) is 0 Å². The van der Waals surface area contributed by atoms with Crippen LogP contribution >= 0.6 is 0 Å². The van der Waals surface area contributed by atoms with Gasteiger partial charge in [0.2, 0.25) is 0 Å². The maximum absolute atomic E-state index is 2.48. The number of likely N-dealkylation sites (tertiary alicyclic amines) is 1. The van der Waals surface area contributed by atoms with Gasteiger partial charge in [0.05, 0.1) is 0 Å². The van der Waals surface area contributed by atoms with Crippen molar-refractivity contribution in [3.63, 3.8) is 0 Å². The van der Waals surface area contributed by atoms with E-state index in [-0.39, 0.29) is 10.8 Å². The molecule has 2 aliphatic rings. The van der Waals surface area contributed by atoms with Gasteiger partial charge in [-0.2, -0.15) is 0 Å².